The van der Waals surface area contributed by atoms with Crippen molar-refractivity contribution in [2.75, 3.05) is 5.43 Å². The molecule has 0 saturated heterocycles. The van der Waals surface area contributed by atoms with Crippen LogP contribution in [0.2, 0.25) is 0 Å². The first kappa shape index (κ1) is 13.6. The first-order valence-corrected chi connectivity index (χ1v) is 6.36. The van der Waals surface area contributed by atoms with E-state index in [2.05, 4.69) is 20.5 Å². The fraction of sp³-hybridized carbons (Fsp3) is 0. The topological polar surface area (TPSA) is 109 Å². The third kappa shape index (κ3) is 2.85. The highest BCUT2D eigenvalue weighted by Crippen LogP contribution is 2.16. The Labute approximate surface area is 124 Å². The number of non-ortho nitro benzene ring substituents is 1. The molecule has 0 atom stereocenters. The number of furan rings is 1. The Bertz CT molecular complexity index is 740. The monoisotopic (exact) mass is 297 g/mol. The van der Waals surface area contributed by atoms with Crippen molar-refractivity contribution in [3.05, 3.63) is 76.8 Å². The molecule has 2 N–H and O–H groups in total. The molecule has 0 amide bonds. The number of nitro benzene ring substituents is 1. The van der Waals surface area contributed by atoms with Gasteiger partial charge < -0.3 is 9.40 Å². The zero-order valence-corrected chi connectivity index (χ0v) is 11.3. The van der Waals surface area contributed by atoms with Crippen molar-refractivity contribution in [3.63, 3.8) is 0 Å². The van der Waals surface area contributed by atoms with Crippen molar-refractivity contribution in [2.24, 2.45) is 5.10 Å². The van der Waals surface area contributed by atoms with E-state index in [-0.39, 0.29) is 5.69 Å². The minimum absolute atomic E-state index is 0.0202. The molecule has 22 heavy (non-hydrogen) atoms. The molecule has 0 aliphatic heterocycles. The predicted molar refractivity (Wildman–Crippen MR) is 79.7 cm³/mol. The summed E-state index contributed by atoms with van der Waals surface area (Å²) in [4.78, 5) is 17.3. The van der Waals surface area contributed by atoms with Crippen LogP contribution >= 0.6 is 0 Å². The molecule has 8 heteroatoms. The van der Waals surface area contributed by atoms with E-state index in [0.29, 0.717) is 23.0 Å². The molecule has 0 radical (unpaired) electrons. The molecule has 3 rings (SSSR count). The van der Waals surface area contributed by atoms with Crippen LogP contribution in [0.15, 0.2) is 64.6 Å². The van der Waals surface area contributed by atoms with E-state index in [1.807, 2.05) is 0 Å². The highest BCUT2D eigenvalue weighted by molar-refractivity contribution is 6.08. The van der Waals surface area contributed by atoms with E-state index in [4.69, 9.17) is 4.42 Å². The van der Waals surface area contributed by atoms with Gasteiger partial charge >= 0.3 is 0 Å². The second-order valence-corrected chi connectivity index (χ2v) is 4.29. The van der Waals surface area contributed by atoms with Crippen molar-refractivity contribution in [1.82, 2.24) is 9.97 Å². The van der Waals surface area contributed by atoms with Gasteiger partial charge in [0, 0.05) is 24.5 Å². The molecule has 0 aliphatic carbocycles. The predicted octanol–water partition coefficient (Wildman–Crippen LogP) is 2.78. The van der Waals surface area contributed by atoms with Gasteiger partial charge in [0.25, 0.3) is 5.69 Å². The second-order valence-electron chi connectivity index (χ2n) is 4.29. The van der Waals surface area contributed by atoms with E-state index in [1.54, 1.807) is 42.9 Å². The van der Waals surface area contributed by atoms with E-state index >= 15 is 0 Å². The average Bonchev–Trinajstić information content (AvgIpc) is 3.22. The van der Waals surface area contributed by atoms with Gasteiger partial charge in [0.15, 0.2) is 17.3 Å². The number of H-pyrrole nitrogens is 1. The number of rotatable bonds is 5. The maximum atomic E-state index is 10.6. The number of nitro groups is 1. The second kappa shape index (κ2) is 5.92. The fourth-order valence-electron chi connectivity index (χ4n) is 1.81. The van der Waals surface area contributed by atoms with Crippen molar-refractivity contribution in [3.8, 4) is 0 Å². The van der Waals surface area contributed by atoms with Crippen LogP contribution in [0.1, 0.15) is 11.6 Å². The Morgan fingerprint density at radius 1 is 1.32 bits per heavy atom. The molecule has 2 heterocycles. The van der Waals surface area contributed by atoms with Crippen LogP contribution in [-0.4, -0.2) is 20.6 Å². The standard InChI is InChI=1S/C14H11N5O3/c20-19(21)11-5-3-10(4-6-11)17-18-13(12-2-1-9-22-12)14-15-7-8-16-14/h1-9,17H,(H,15,16). The third-order valence-corrected chi connectivity index (χ3v) is 2.85. The van der Waals surface area contributed by atoms with Gasteiger partial charge in [-0.3, -0.25) is 15.5 Å². The number of nitrogens with zero attached hydrogens (tertiary/aromatic N) is 3. The van der Waals surface area contributed by atoms with E-state index in [9.17, 15) is 10.1 Å². The minimum Gasteiger partial charge on any atom is -0.463 e. The molecule has 0 saturated carbocycles. The Hall–Kier alpha value is -3.42. The SMILES string of the molecule is O=[N+]([O-])c1ccc(NN=C(c2ncc[nH]2)c2ccco2)cc1. The summed E-state index contributed by atoms with van der Waals surface area (Å²) in [6.45, 7) is 0. The Kier molecular flexibility index (Phi) is 3.65. The number of nitrogens with one attached hydrogen (secondary N) is 2. The summed E-state index contributed by atoms with van der Waals surface area (Å²) in [5.74, 6) is 1.09. The lowest BCUT2D eigenvalue weighted by atomic mass is 10.3. The lowest BCUT2D eigenvalue weighted by Gasteiger charge is -2.03. The van der Waals surface area contributed by atoms with E-state index < -0.39 is 4.92 Å². The van der Waals surface area contributed by atoms with Gasteiger partial charge in [-0.25, -0.2) is 4.98 Å². The van der Waals surface area contributed by atoms with Crippen LogP contribution in [0, 0.1) is 10.1 Å². The number of aromatic nitrogens is 2. The lowest BCUT2D eigenvalue weighted by Crippen LogP contribution is -2.07. The molecule has 0 unspecified atom stereocenters. The van der Waals surface area contributed by atoms with Gasteiger partial charge in [-0.2, -0.15) is 5.10 Å². The van der Waals surface area contributed by atoms with Gasteiger partial charge in [-0.15, -0.1) is 0 Å². The van der Waals surface area contributed by atoms with Crippen LogP contribution in [-0.2, 0) is 0 Å². The van der Waals surface area contributed by atoms with Crippen molar-refractivity contribution in [2.45, 2.75) is 0 Å². The Morgan fingerprint density at radius 3 is 2.73 bits per heavy atom. The number of anilines is 1. The summed E-state index contributed by atoms with van der Waals surface area (Å²) in [6, 6.07) is 9.46. The quantitative estimate of drug-likeness (QED) is 0.427. The molecule has 0 bridgehead atoms. The van der Waals surface area contributed by atoms with Crippen LogP contribution in [0.5, 0.6) is 0 Å². The Morgan fingerprint density at radius 2 is 2.14 bits per heavy atom. The van der Waals surface area contributed by atoms with Gasteiger partial charge in [0.2, 0.25) is 0 Å². The summed E-state index contributed by atoms with van der Waals surface area (Å²) in [7, 11) is 0. The van der Waals surface area contributed by atoms with Crippen LogP contribution in [0.25, 0.3) is 0 Å². The number of hydrogen-bond acceptors (Lipinski definition) is 6. The lowest BCUT2D eigenvalue weighted by molar-refractivity contribution is -0.384. The molecule has 8 nitrogen and oxygen atoms in total. The third-order valence-electron chi connectivity index (χ3n) is 2.85. The summed E-state index contributed by atoms with van der Waals surface area (Å²) >= 11 is 0. The first-order chi connectivity index (χ1) is 10.7. The van der Waals surface area contributed by atoms with Crippen molar-refractivity contribution < 1.29 is 9.34 Å². The van der Waals surface area contributed by atoms with Crippen LogP contribution < -0.4 is 5.43 Å². The number of benzene rings is 1. The van der Waals surface area contributed by atoms with Gasteiger partial charge in [-0.1, -0.05) is 0 Å². The van der Waals surface area contributed by atoms with Gasteiger partial charge in [0.1, 0.15) is 0 Å². The molecule has 110 valence electrons. The zero-order valence-electron chi connectivity index (χ0n) is 11.3. The Balaban J connectivity index is 1.86. The highest BCUT2D eigenvalue weighted by Gasteiger charge is 2.12. The number of aromatic amines is 1. The summed E-state index contributed by atoms with van der Waals surface area (Å²) < 4.78 is 5.34. The maximum Gasteiger partial charge on any atom is 0.269 e. The van der Waals surface area contributed by atoms with Crippen molar-refractivity contribution >= 4 is 17.1 Å². The molecular formula is C14H11N5O3. The normalized spacial score (nSPS) is 11.4. The van der Waals surface area contributed by atoms with E-state index in [1.165, 1.54) is 12.1 Å². The van der Waals surface area contributed by atoms with Crippen LogP contribution in [0.3, 0.4) is 0 Å². The number of hydrazone groups is 1. The van der Waals surface area contributed by atoms with Gasteiger partial charge in [0.05, 0.1) is 16.9 Å². The highest BCUT2D eigenvalue weighted by atomic mass is 16.6. The van der Waals surface area contributed by atoms with Crippen LogP contribution in [0.4, 0.5) is 11.4 Å². The molecular weight excluding hydrogens is 286 g/mol. The minimum atomic E-state index is -0.454. The largest absolute Gasteiger partial charge is 0.463 e. The number of imidazole rings is 1. The van der Waals surface area contributed by atoms with Crippen molar-refractivity contribution in [1.29, 1.82) is 0 Å². The average molecular weight is 297 g/mol. The van der Waals surface area contributed by atoms with E-state index in [0.717, 1.165) is 0 Å². The maximum absolute atomic E-state index is 10.6. The first-order valence-electron chi connectivity index (χ1n) is 6.36. The molecule has 0 fully saturated rings. The summed E-state index contributed by atoms with van der Waals surface area (Å²) in [5, 5.41) is 14.9. The smallest absolute Gasteiger partial charge is 0.269 e. The number of hydrogen-bond donors (Lipinski definition) is 2. The molecule has 0 spiro atoms. The fourth-order valence-corrected chi connectivity index (χ4v) is 1.81. The molecule has 2 aromatic heterocycles. The summed E-state index contributed by atoms with van der Waals surface area (Å²) in [6.07, 6.45) is 4.83. The molecule has 0 aliphatic rings. The molecule has 3 aromatic rings. The molecule has 1 aromatic carbocycles. The zero-order chi connectivity index (χ0) is 15.4. The van der Waals surface area contributed by atoms with Gasteiger partial charge in [-0.05, 0) is 24.3 Å². The summed E-state index contributed by atoms with van der Waals surface area (Å²) in [5.41, 5.74) is 3.96.